The zero-order valence-corrected chi connectivity index (χ0v) is 12.0. The maximum Gasteiger partial charge on any atom is 0.241 e. The number of carbonyl (C=O) groups is 2. The van der Waals surface area contributed by atoms with Crippen LogP contribution in [0.1, 0.15) is 33.1 Å². The predicted octanol–water partition coefficient (Wildman–Crippen LogP) is 2.91. The van der Waals surface area contributed by atoms with Gasteiger partial charge in [-0.1, -0.05) is 13.8 Å². The van der Waals surface area contributed by atoms with Crippen molar-refractivity contribution in [3.05, 3.63) is 22.8 Å². The Morgan fingerprint density at radius 1 is 1.39 bits per heavy atom. The van der Waals surface area contributed by atoms with Crippen LogP contribution in [0.25, 0.3) is 0 Å². The number of anilines is 1. The van der Waals surface area contributed by atoms with Gasteiger partial charge >= 0.3 is 0 Å². The molecule has 0 atom stereocenters. The van der Waals surface area contributed by atoms with Gasteiger partial charge in [0.15, 0.2) is 5.82 Å². The average Bonchev–Trinajstić information content (AvgIpc) is 2.62. The number of halogens is 1. The first-order chi connectivity index (χ1) is 8.55. The molecule has 4 nitrogen and oxygen atoms in total. The van der Waals surface area contributed by atoms with Crippen molar-refractivity contribution in [1.29, 1.82) is 0 Å². The SMILES string of the molecule is CCC1(CC)CC(=O)N(c2ncccc2Br)C1=O. The molecule has 0 N–H and O–H groups in total. The molecule has 0 radical (unpaired) electrons. The standard InChI is InChI=1S/C13H15BrN2O2/c1-3-13(4-2)8-10(17)16(12(13)18)11-9(14)6-5-7-15-11/h5-7H,3-4,8H2,1-2H3. The minimum absolute atomic E-state index is 0.128. The van der Waals surface area contributed by atoms with Gasteiger partial charge in [-0.15, -0.1) is 0 Å². The van der Waals surface area contributed by atoms with Crippen LogP contribution in [0, 0.1) is 5.41 Å². The van der Waals surface area contributed by atoms with Crippen LogP contribution in [0.3, 0.4) is 0 Å². The summed E-state index contributed by atoms with van der Waals surface area (Å²) < 4.78 is 0.662. The van der Waals surface area contributed by atoms with Crippen LogP contribution in [0.5, 0.6) is 0 Å². The molecule has 18 heavy (non-hydrogen) atoms. The van der Waals surface area contributed by atoms with Gasteiger partial charge in [-0.3, -0.25) is 9.59 Å². The van der Waals surface area contributed by atoms with Crippen LogP contribution in [-0.4, -0.2) is 16.8 Å². The molecule has 96 valence electrons. The van der Waals surface area contributed by atoms with Gasteiger partial charge in [-0.05, 0) is 40.9 Å². The van der Waals surface area contributed by atoms with E-state index in [1.165, 1.54) is 4.90 Å². The van der Waals surface area contributed by atoms with Gasteiger partial charge in [0.2, 0.25) is 11.8 Å². The fourth-order valence-electron chi connectivity index (χ4n) is 2.35. The molecule has 1 aromatic heterocycles. The molecule has 2 amide bonds. The van der Waals surface area contributed by atoms with Crippen molar-refractivity contribution in [2.24, 2.45) is 5.41 Å². The topological polar surface area (TPSA) is 50.3 Å². The molecule has 0 unspecified atom stereocenters. The van der Waals surface area contributed by atoms with Gasteiger partial charge in [-0.2, -0.15) is 0 Å². The molecule has 0 spiro atoms. The smallest absolute Gasteiger partial charge is 0.241 e. The first kappa shape index (κ1) is 13.2. The second-order valence-corrected chi connectivity index (χ2v) is 5.36. The summed E-state index contributed by atoms with van der Waals surface area (Å²) in [5.74, 6) is 0.108. The summed E-state index contributed by atoms with van der Waals surface area (Å²) in [6, 6.07) is 3.53. The van der Waals surface area contributed by atoms with Crippen LogP contribution in [0.2, 0.25) is 0 Å². The fourth-order valence-corrected chi connectivity index (χ4v) is 2.79. The lowest BCUT2D eigenvalue weighted by Gasteiger charge is -2.23. The van der Waals surface area contributed by atoms with E-state index in [-0.39, 0.29) is 18.2 Å². The van der Waals surface area contributed by atoms with Crippen LogP contribution in [0.15, 0.2) is 22.8 Å². The quantitative estimate of drug-likeness (QED) is 0.807. The molecule has 2 heterocycles. The van der Waals surface area contributed by atoms with Crippen molar-refractivity contribution < 1.29 is 9.59 Å². The lowest BCUT2D eigenvalue weighted by atomic mass is 9.81. The van der Waals surface area contributed by atoms with Gasteiger partial charge in [0, 0.05) is 12.6 Å². The Hall–Kier alpha value is -1.23. The molecule has 1 aliphatic heterocycles. The molecule has 0 bridgehead atoms. The number of amides is 2. The second-order valence-electron chi connectivity index (χ2n) is 4.51. The van der Waals surface area contributed by atoms with Crippen molar-refractivity contribution in [1.82, 2.24) is 4.98 Å². The van der Waals surface area contributed by atoms with Crippen molar-refractivity contribution >= 4 is 33.6 Å². The highest BCUT2D eigenvalue weighted by atomic mass is 79.9. The van der Waals surface area contributed by atoms with E-state index < -0.39 is 5.41 Å². The van der Waals surface area contributed by atoms with Crippen LogP contribution >= 0.6 is 15.9 Å². The first-order valence-electron chi connectivity index (χ1n) is 6.03. The Kier molecular flexibility index (Phi) is 3.52. The molecule has 0 aromatic carbocycles. The fraction of sp³-hybridized carbons (Fsp3) is 0.462. The van der Waals surface area contributed by atoms with Crippen LogP contribution < -0.4 is 4.90 Å². The average molecular weight is 311 g/mol. The van der Waals surface area contributed by atoms with E-state index in [0.717, 1.165) is 0 Å². The minimum Gasteiger partial charge on any atom is -0.274 e. The molecule has 5 heteroatoms. The molecular weight excluding hydrogens is 296 g/mol. The zero-order chi connectivity index (χ0) is 13.3. The van der Waals surface area contributed by atoms with E-state index in [1.807, 2.05) is 13.8 Å². The van der Waals surface area contributed by atoms with Gasteiger partial charge in [0.25, 0.3) is 0 Å². The number of aromatic nitrogens is 1. The Morgan fingerprint density at radius 3 is 2.56 bits per heavy atom. The third kappa shape index (κ3) is 1.86. The largest absolute Gasteiger partial charge is 0.274 e. The van der Waals surface area contributed by atoms with Gasteiger partial charge in [0.05, 0.1) is 9.89 Å². The van der Waals surface area contributed by atoms with Crippen molar-refractivity contribution in [2.75, 3.05) is 4.90 Å². The Balaban J connectivity index is 2.45. The zero-order valence-electron chi connectivity index (χ0n) is 10.4. The summed E-state index contributed by atoms with van der Waals surface area (Å²) in [7, 11) is 0. The van der Waals surface area contributed by atoms with Crippen LogP contribution in [-0.2, 0) is 9.59 Å². The molecular formula is C13H15BrN2O2. The molecule has 0 aliphatic carbocycles. The lowest BCUT2D eigenvalue weighted by Crippen LogP contribution is -2.35. The van der Waals surface area contributed by atoms with E-state index in [1.54, 1.807) is 18.3 Å². The summed E-state index contributed by atoms with van der Waals surface area (Å²) in [5, 5.41) is 0. The number of pyridine rings is 1. The summed E-state index contributed by atoms with van der Waals surface area (Å²) in [5.41, 5.74) is -0.548. The molecule has 1 aromatic rings. The predicted molar refractivity (Wildman–Crippen MR) is 72.1 cm³/mol. The third-order valence-electron chi connectivity index (χ3n) is 3.70. The third-order valence-corrected chi connectivity index (χ3v) is 4.32. The number of hydrogen-bond acceptors (Lipinski definition) is 3. The van der Waals surface area contributed by atoms with Gasteiger partial charge < -0.3 is 0 Å². The highest BCUT2D eigenvalue weighted by Gasteiger charge is 2.50. The molecule has 0 saturated carbocycles. The van der Waals surface area contributed by atoms with E-state index >= 15 is 0 Å². The number of carbonyl (C=O) groups excluding carboxylic acids is 2. The molecule has 1 fully saturated rings. The van der Waals surface area contributed by atoms with E-state index in [2.05, 4.69) is 20.9 Å². The maximum atomic E-state index is 12.5. The normalized spacial score (nSPS) is 18.5. The number of hydrogen-bond donors (Lipinski definition) is 0. The summed E-state index contributed by atoms with van der Waals surface area (Å²) in [6.07, 6.45) is 3.21. The maximum absolute atomic E-state index is 12.5. The molecule has 1 aliphatic rings. The molecule has 1 saturated heterocycles. The summed E-state index contributed by atoms with van der Waals surface area (Å²) in [6.45, 7) is 3.90. The van der Waals surface area contributed by atoms with E-state index in [4.69, 9.17) is 0 Å². The van der Waals surface area contributed by atoms with Crippen molar-refractivity contribution in [3.63, 3.8) is 0 Å². The highest BCUT2D eigenvalue weighted by molar-refractivity contribution is 9.10. The Labute approximate surface area is 115 Å². The monoisotopic (exact) mass is 310 g/mol. The van der Waals surface area contributed by atoms with Gasteiger partial charge in [0.1, 0.15) is 0 Å². The first-order valence-corrected chi connectivity index (χ1v) is 6.83. The summed E-state index contributed by atoms with van der Waals surface area (Å²) in [4.78, 5) is 30.0. The minimum atomic E-state index is -0.548. The van der Waals surface area contributed by atoms with Crippen molar-refractivity contribution in [2.45, 2.75) is 33.1 Å². The number of imide groups is 1. The number of rotatable bonds is 3. The van der Waals surface area contributed by atoms with Crippen LogP contribution in [0.4, 0.5) is 5.82 Å². The van der Waals surface area contributed by atoms with Gasteiger partial charge in [-0.25, -0.2) is 9.88 Å². The van der Waals surface area contributed by atoms with E-state index in [9.17, 15) is 9.59 Å². The molecule has 2 rings (SSSR count). The Bertz CT molecular complexity index is 498. The Morgan fingerprint density at radius 2 is 2.06 bits per heavy atom. The summed E-state index contributed by atoms with van der Waals surface area (Å²) >= 11 is 3.33. The second kappa shape index (κ2) is 4.80. The number of nitrogens with zero attached hydrogens (tertiary/aromatic N) is 2. The highest BCUT2D eigenvalue weighted by Crippen LogP contribution is 2.41. The van der Waals surface area contributed by atoms with Crippen molar-refractivity contribution in [3.8, 4) is 0 Å². The van der Waals surface area contributed by atoms with E-state index in [0.29, 0.717) is 23.1 Å². The lowest BCUT2D eigenvalue weighted by molar-refractivity contribution is -0.126.